The van der Waals surface area contributed by atoms with E-state index in [1.165, 1.54) is 0 Å². The molecular weight excluding hydrogens is 508 g/mol. The zero-order valence-electron chi connectivity index (χ0n) is 24.2. The van der Waals surface area contributed by atoms with Crippen molar-refractivity contribution < 1.29 is 28.7 Å². The standard InChI is InChI=1S/C27H50N4O6S/c1-7-18-38-27(5,6)14-17-36-16-13-23(33)30-15-9-8-10-21(29)24(34)31-22(12-11-20(32)19-28)25(35)37-26(2,3)4/h19,21-22,28H,7-18,29H2,1-6H3,(H,30,33)(H,31,34)/t21?,22-/m0/s1. The maximum atomic E-state index is 12.5. The van der Waals surface area contributed by atoms with Crippen LogP contribution in [0.2, 0.25) is 0 Å². The van der Waals surface area contributed by atoms with Gasteiger partial charge in [-0.25, -0.2) is 4.79 Å². The summed E-state index contributed by atoms with van der Waals surface area (Å²) < 4.78 is 11.1. The van der Waals surface area contributed by atoms with Gasteiger partial charge in [0.1, 0.15) is 11.6 Å². The third-order valence-electron chi connectivity index (χ3n) is 5.47. The average Bonchev–Trinajstić information content (AvgIpc) is 2.83. The number of nitrogens with one attached hydrogen (secondary N) is 3. The molecule has 38 heavy (non-hydrogen) atoms. The predicted molar refractivity (Wildman–Crippen MR) is 153 cm³/mol. The van der Waals surface area contributed by atoms with E-state index >= 15 is 0 Å². The lowest BCUT2D eigenvalue weighted by Crippen LogP contribution is -2.50. The van der Waals surface area contributed by atoms with Gasteiger partial charge < -0.3 is 31.3 Å². The highest BCUT2D eigenvalue weighted by Crippen LogP contribution is 2.28. The number of rotatable bonds is 21. The Morgan fingerprint density at radius 1 is 1.03 bits per heavy atom. The Hall–Kier alpha value is -1.98. The largest absolute Gasteiger partial charge is 0.458 e. The van der Waals surface area contributed by atoms with Gasteiger partial charge in [-0.05, 0) is 65.0 Å². The zero-order valence-corrected chi connectivity index (χ0v) is 25.0. The first-order valence-electron chi connectivity index (χ1n) is 13.5. The fourth-order valence-corrected chi connectivity index (χ4v) is 4.22. The summed E-state index contributed by atoms with van der Waals surface area (Å²) in [5, 5.41) is 12.4. The van der Waals surface area contributed by atoms with Crippen LogP contribution in [0.3, 0.4) is 0 Å². The third kappa shape index (κ3) is 19.1. The number of esters is 1. The van der Waals surface area contributed by atoms with Crippen molar-refractivity contribution in [2.45, 2.75) is 115 Å². The van der Waals surface area contributed by atoms with Crippen molar-refractivity contribution in [1.82, 2.24) is 10.6 Å². The minimum absolute atomic E-state index is 0.0207. The van der Waals surface area contributed by atoms with Crippen LogP contribution in [0.4, 0.5) is 0 Å². The van der Waals surface area contributed by atoms with E-state index in [0.29, 0.717) is 51.7 Å². The Labute approximate surface area is 232 Å². The summed E-state index contributed by atoms with van der Waals surface area (Å²) in [4.78, 5) is 48.5. The van der Waals surface area contributed by atoms with Crippen LogP contribution in [-0.4, -0.2) is 77.7 Å². The topological polar surface area (TPSA) is 161 Å². The highest BCUT2D eigenvalue weighted by molar-refractivity contribution is 8.00. The minimum Gasteiger partial charge on any atom is -0.458 e. The highest BCUT2D eigenvalue weighted by Gasteiger charge is 2.28. The molecule has 0 aromatic rings. The summed E-state index contributed by atoms with van der Waals surface area (Å²) in [6, 6.07) is -1.87. The van der Waals surface area contributed by atoms with Gasteiger partial charge >= 0.3 is 5.97 Å². The average molecular weight is 559 g/mol. The molecule has 10 nitrogen and oxygen atoms in total. The van der Waals surface area contributed by atoms with Crippen LogP contribution < -0.4 is 16.4 Å². The Morgan fingerprint density at radius 2 is 1.71 bits per heavy atom. The second kappa shape index (κ2) is 19.1. The lowest BCUT2D eigenvalue weighted by molar-refractivity contribution is -0.159. The second-order valence-electron chi connectivity index (χ2n) is 10.9. The van der Waals surface area contributed by atoms with Gasteiger partial charge in [0.15, 0.2) is 5.78 Å². The number of unbranched alkanes of at least 4 members (excludes halogenated alkanes) is 1. The van der Waals surface area contributed by atoms with E-state index in [-0.39, 0.29) is 23.5 Å². The summed E-state index contributed by atoms with van der Waals surface area (Å²) >= 11 is 1.94. The number of ether oxygens (including phenoxy) is 2. The summed E-state index contributed by atoms with van der Waals surface area (Å²) in [7, 11) is 0. The van der Waals surface area contributed by atoms with Crippen molar-refractivity contribution >= 4 is 41.5 Å². The van der Waals surface area contributed by atoms with Crippen LogP contribution in [0.5, 0.6) is 0 Å². The Morgan fingerprint density at radius 3 is 2.32 bits per heavy atom. The maximum absolute atomic E-state index is 12.5. The fourth-order valence-electron chi connectivity index (χ4n) is 3.23. The summed E-state index contributed by atoms with van der Waals surface area (Å²) in [6.07, 6.45) is 4.66. The van der Waals surface area contributed by atoms with Gasteiger partial charge in [0.25, 0.3) is 0 Å². The SMILES string of the molecule is CCCSC(C)(C)CCOCCC(=O)NCCCCC(N)C(=O)N[C@@H](CCC(=O)C=N)C(=O)OC(C)(C)C. The van der Waals surface area contributed by atoms with Crippen LogP contribution >= 0.6 is 11.8 Å². The molecule has 2 amide bonds. The molecule has 1 unspecified atom stereocenters. The molecule has 0 spiro atoms. The molecule has 0 saturated carbocycles. The molecule has 0 radical (unpaired) electrons. The molecule has 0 fully saturated rings. The number of ketones is 1. The maximum Gasteiger partial charge on any atom is 0.329 e. The van der Waals surface area contributed by atoms with E-state index in [4.69, 9.17) is 20.6 Å². The van der Waals surface area contributed by atoms with Crippen molar-refractivity contribution in [3.8, 4) is 0 Å². The van der Waals surface area contributed by atoms with Crippen molar-refractivity contribution in [1.29, 1.82) is 5.41 Å². The first-order valence-corrected chi connectivity index (χ1v) is 14.5. The molecule has 0 rings (SSSR count). The lowest BCUT2D eigenvalue weighted by atomic mass is 10.1. The molecule has 0 aromatic heterocycles. The van der Waals surface area contributed by atoms with Gasteiger partial charge in [0.2, 0.25) is 11.8 Å². The number of carbonyl (C=O) groups is 4. The van der Waals surface area contributed by atoms with Crippen LogP contribution in [0.15, 0.2) is 0 Å². The Kier molecular flexibility index (Phi) is 18.1. The zero-order chi connectivity index (χ0) is 29.2. The lowest BCUT2D eigenvalue weighted by Gasteiger charge is -2.25. The summed E-state index contributed by atoms with van der Waals surface area (Å²) in [6.45, 7) is 13.2. The van der Waals surface area contributed by atoms with Gasteiger partial charge in [-0.1, -0.05) is 20.8 Å². The van der Waals surface area contributed by atoms with Gasteiger partial charge in [-0.3, -0.25) is 14.4 Å². The van der Waals surface area contributed by atoms with Gasteiger partial charge in [-0.15, -0.1) is 0 Å². The molecule has 0 bridgehead atoms. The van der Waals surface area contributed by atoms with E-state index in [0.717, 1.165) is 18.6 Å². The van der Waals surface area contributed by atoms with Crippen molar-refractivity contribution in [2.75, 3.05) is 25.5 Å². The number of hydrogen-bond donors (Lipinski definition) is 4. The Balaban J connectivity index is 4.26. The molecule has 0 aliphatic carbocycles. The summed E-state index contributed by atoms with van der Waals surface area (Å²) in [5.41, 5.74) is 5.24. The van der Waals surface area contributed by atoms with Crippen LogP contribution in [0.25, 0.3) is 0 Å². The smallest absolute Gasteiger partial charge is 0.329 e. The fraction of sp³-hybridized carbons (Fsp3) is 0.815. The molecule has 2 atom stereocenters. The van der Waals surface area contributed by atoms with E-state index in [1.54, 1.807) is 20.8 Å². The molecule has 0 aromatic carbocycles. The van der Waals surface area contributed by atoms with Crippen molar-refractivity contribution in [3.63, 3.8) is 0 Å². The van der Waals surface area contributed by atoms with Crippen LogP contribution in [0.1, 0.15) is 92.9 Å². The van der Waals surface area contributed by atoms with E-state index in [1.807, 2.05) is 11.8 Å². The van der Waals surface area contributed by atoms with Crippen LogP contribution in [-0.2, 0) is 28.7 Å². The number of amides is 2. The van der Waals surface area contributed by atoms with E-state index < -0.39 is 35.3 Å². The number of thioether (sulfide) groups is 1. The summed E-state index contributed by atoms with van der Waals surface area (Å²) in [5.74, 6) is -0.559. The van der Waals surface area contributed by atoms with Gasteiger partial charge in [-0.2, -0.15) is 11.8 Å². The van der Waals surface area contributed by atoms with E-state index in [9.17, 15) is 19.2 Å². The third-order valence-corrected chi connectivity index (χ3v) is 7.07. The number of nitrogens with two attached hydrogens (primary N) is 1. The monoisotopic (exact) mass is 558 g/mol. The normalized spacial score (nSPS) is 13.3. The highest BCUT2D eigenvalue weighted by atomic mass is 32.2. The number of Topliss-reactive ketones (excluding diaryl/α,β-unsaturated/α-hetero) is 1. The Bertz CT molecular complexity index is 754. The number of carbonyl (C=O) groups excluding carboxylic acids is 4. The molecule has 5 N–H and O–H groups in total. The molecule has 220 valence electrons. The minimum atomic E-state index is -1.03. The molecule has 0 aliphatic rings. The molecule has 0 heterocycles. The quantitative estimate of drug-likeness (QED) is 0.0949. The van der Waals surface area contributed by atoms with Crippen molar-refractivity contribution in [3.05, 3.63) is 0 Å². The number of hydrogen-bond acceptors (Lipinski definition) is 9. The van der Waals surface area contributed by atoms with Gasteiger partial charge in [0, 0.05) is 30.7 Å². The molecule has 0 aliphatic heterocycles. The first-order chi connectivity index (χ1) is 17.7. The second-order valence-corrected chi connectivity index (χ2v) is 12.7. The predicted octanol–water partition coefficient (Wildman–Crippen LogP) is 3.14. The molecule has 0 saturated heterocycles. The van der Waals surface area contributed by atoms with Crippen molar-refractivity contribution in [2.24, 2.45) is 5.73 Å². The van der Waals surface area contributed by atoms with Gasteiger partial charge in [0.05, 0.1) is 18.9 Å². The van der Waals surface area contributed by atoms with Crippen LogP contribution in [0, 0.1) is 5.41 Å². The molecular formula is C27H50N4O6S. The van der Waals surface area contributed by atoms with E-state index in [2.05, 4.69) is 31.4 Å². The first kappa shape index (κ1) is 36.0. The molecule has 11 heteroatoms.